The Hall–Kier alpha value is -2.04. The molecule has 5 heteroatoms. The van der Waals surface area contributed by atoms with Crippen LogP contribution < -0.4 is 11.1 Å². The van der Waals surface area contributed by atoms with E-state index in [1.807, 2.05) is 26.0 Å². The van der Waals surface area contributed by atoms with E-state index in [9.17, 15) is 0 Å². The van der Waals surface area contributed by atoms with Crippen molar-refractivity contribution in [2.75, 3.05) is 11.1 Å². The molecule has 0 aromatic carbocycles. The molecule has 108 valence electrons. The summed E-state index contributed by atoms with van der Waals surface area (Å²) in [7, 11) is 0. The molecule has 1 atom stereocenters. The molecule has 5 nitrogen and oxygen atoms in total. The highest BCUT2D eigenvalue weighted by atomic mass is 16.3. The molecule has 0 radical (unpaired) electrons. The van der Waals surface area contributed by atoms with Crippen LogP contribution in [0, 0.1) is 6.92 Å². The Balaban J connectivity index is 2.34. The van der Waals surface area contributed by atoms with E-state index >= 15 is 0 Å². The Morgan fingerprint density at radius 1 is 1.30 bits per heavy atom. The summed E-state index contributed by atoms with van der Waals surface area (Å²) >= 11 is 0. The first kappa shape index (κ1) is 14.4. The molecule has 0 bridgehead atoms. The second-order valence-corrected chi connectivity index (χ2v) is 6.04. The number of nitrogens with zero attached hydrogens (tertiary/aromatic N) is 2. The SMILES string of the molecule is Cc1c(N)nc(C(C)(C)C)nc1NC(C)c1ccco1. The van der Waals surface area contributed by atoms with Crippen LogP contribution in [0.4, 0.5) is 11.6 Å². The van der Waals surface area contributed by atoms with Gasteiger partial charge in [0.15, 0.2) is 0 Å². The summed E-state index contributed by atoms with van der Waals surface area (Å²) in [6, 6.07) is 3.82. The first-order chi connectivity index (χ1) is 9.29. The van der Waals surface area contributed by atoms with Gasteiger partial charge in [-0.25, -0.2) is 9.97 Å². The molecule has 0 fully saturated rings. The van der Waals surface area contributed by atoms with Crippen LogP contribution in [-0.2, 0) is 5.41 Å². The van der Waals surface area contributed by atoms with Gasteiger partial charge in [-0.05, 0) is 26.0 Å². The molecule has 0 saturated carbocycles. The predicted octanol–water partition coefficient (Wildman–Crippen LogP) is 3.43. The lowest BCUT2D eigenvalue weighted by Crippen LogP contribution is -2.20. The molecular weight excluding hydrogens is 252 g/mol. The van der Waals surface area contributed by atoms with Crippen molar-refractivity contribution in [3.05, 3.63) is 35.5 Å². The number of aromatic nitrogens is 2. The van der Waals surface area contributed by atoms with E-state index in [0.29, 0.717) is 5.82 Å². The number of rotatable bonds is 3. The smallest absolute Gasteiger partial charge is 0.138 e. The lowest BCUT2D eigenvalue weighted by Gasteiger charge is -2.21. The summed E-state index contributed by atoms with van der Waals surface area (Å²) in [5, 5.41) is 3.34. The Morgan fingerprint density at radius 3 is 2.55 bits per heavy atom. The maximum absolute atomic E-state index is 6.00. The Bertz CT molecular complexity index is 585. The van der Waals surface area contributed by atoms with Gasteiger partial charge in [0.05, 0.1) is 12.3 Å². The van der Waals surface area contributed by atoms with E-state index in [1.54, 1.807) is 6.26 Å². The molecular formula is C15H22N4O. The Kier molecular flexibility index (Phi) is 3.70. The minimum Gasteiger partial charge on any atom is -0.467 e. The summed E-state index contributed by atoms with van der Waals surface area (Å²) in [5.74, 6) is 2.86. The van der Waals surface area contributed by atoms with Crippen LogP contribution in [0.3, 0.4) is 0 Å². The fourth-order valence-electron chi connectivity index (χ4n) is 1.82. The van der Waals surface area contributed by atoms with Gasteiger partial charge < -0.3 is 15.5 Å². The minimum atomic E-state index is -0.147. The maximum atomic E-state index is 6.00. The van der Waals surface area contributed by atoms with E-state index in [4.69, 9.17) is 10.2 Å². The standard InChI is InChI=1S/C15H22N4O/c1-9-12(16)18-14(15(3,4)5)19-13(9)17-10(2)11-7-6-8-20-11/h6-8,10H,1-5H3,(H3,16,17,18,19). The van der Waals surface area contributed by atoms with Gasteiger partial charge in [-0.3, -0.25) is 0 Å². The molecule has 0 amide bonds. The lowest BCUT2D eigenvalue weighted by molar-refractivity contribution is 0.489. The molecule has 2 rings (SSSR count). The second kappa shape index (κ2) is 5.15. The maximum Gasteiger partial charge on any atom is 0.138 e. The van der Waals surface area contributed by atoms with Crippen molar-refractivity contribution in [1.29, 1.82) is 0 Å². The van der Waals surface area contributed by atoms with Crippen molar-refractivity contribution < 1.29 is 4.42 Å². The zero-order chi connectivity index (χ0) is 14.9. The number of nitrogens with one attached hydrogen (secondary N) is 1. The van der Waals surface area contributed by atoms with Crippen molar-refractivity contribution in [2.45, 2.75) is 46.1 Å². The summed E-state index contributed by atoms with van der Waals surface area (Å²) in [4.78, 5) is 8.99. The first-order valence-corrected chi connectivity index (χ1v) is 6.73. The number of nitrogens with two attached hydrogens (primary N) is 1. The Morgan fingerprint density at radius 2 is 2.00 bits per heavy atom. The van der Waals surface area contributed by atoms with Gasteiger partial charge in [-0.2, -0.15) is 0 Å². The highest BCUT2D eigenvalue weighted by Crippen LogP contribution is 2.27. The Labute approximate surface area is 119 Å². The largest absolute Gasteiger partial charge is 0.467 e. The van der Waals surface area contributed by atoms with Gasteiger partial charge in [0, 0.05) is 11.0 Å². The number of hydrogen-bond acceptors (Lipinski definition) is 5. The van der Waals surface area contributed by atoms with Gasteiger partial charge in [0.25, 0.3) is 0 Å². The van der Waals surface area contributed by atoms with E-state index in [1.165, 1.54) is 0 Å². The summed E-state index contributed by atoms with van der Waals surface area (Å²) in [5.41, 5.74) is 6.71. The van der Waals surface area contributed by atoms with Gasteiger partial charge >= 0.3 is 0 Å². The average molecular weight is 274 g/mol. The predicted molar refractivity (Wildman–Crippen MR) is 80.6 cm³/mol. The van der Waals surface area contributed by atoms with Crippen LogP contribution >= 0.6 is 0 Å². The monoisotopic (exact) mass is 274 g/mol. The quantitative estimate of drug-likeness (QED) is 0.896. The number of hydrogen-bond donors (Lipinski definition) is 2. The highest BCUT2D eigenvalue weighted by Gasteiger charge is 2.21. The third-order valence-corrected chi connectivity index (χ3v) is 3.18. The average Bonchev–Trinajstić information content (AvgIpc) is 2.87. The normalized spacial score (nSPS) is 13.2. The molecule has 3 N–H and O–H groups in total. The summed E-state index contributed by atoms with van der Waals surface area (Å²) < 4.78 is 5.40. The summed E-state index contributed by atoms with van der Waals surface area (Å²) in [6.45, 7) is 10.1. The van der Waals surface area contributed by atoms with Crippen LogP contribution in [0.1, 0.15) is 50.9 Å². The molecule has 0 aliphatic heterocycles. The van der Waals surface area contributed by atoms with E-state index in [2.05, 4.69) is 36.1 Å². The van der Waals surface area contributed by atoms with Crippen molar-refractivity contribution in [3.8, 4) is 0 Å². The van der Waals surface area contributed by atoms with E-state index in [-0.39, 0.29) is 11.5 Å². The number of furan rings is 1. The third-order valence-electron chi connectivity index (χ3n) is 3.18. The van der Waals surface area contributed by atoms with Crippen LogP contribution in [0.5, 0.6) is 0 Å². The van der Waals surface area contributed by atoms with Crippen molar-refractivity contribution >= 4 is 11.6 Å². The topological polar surface area (TPSA) is 77.0 Å². The zero-order valence-electron chi connectivity index (χ0n) is 12.7. The van der Waals surface area contributed by atoms with Gasteiger partial charge in [0.2, 0.25) is 0 Å². The van der Waals surface area contributed by atoms with Crippen LogP contribution in [-0.4, -0.2) is 9.97 Å². The van der Waals surface area contributed by atoms with Crippen LogP contribution in [0.15, 0.2) is 22.8 Å². The van der Waals surface area contributed by atoms with Crippen LogP contribution in [0.25, 0.3) is 0 Å². The summed E-state index contributed by atoms with van der Waals surface area (Å²) in [6.07, 6.45) is 1.66. The molecule has 2 aromatic heterocycles. The van der Waals surface area contributed by atoms with Crippen LogP contribution in [0.2, 0.25) is 0 Å². The molecule has 0 saturated heterocycles. The third kappa shape index (κ3) is 2.92. The van der Waals surface area contributed by atoms with Crippen molar-refractivity contribution in [1.82, 2.24) is 9.97 Å². The highest BCUT2D eigenvalue weighted by molar-refractivity contribution is 5.55. The molecule has 0 aliphatic carbocycles. The first-order valence-electron chi connectivity index (χ1n) is 6.73. The zero-order valence-corrected chi connectivity index (χ0v) is 12.7. The second-order valence-electron chi connectivity index (χ2n) is 6.04. The number of nitrogen functional groups attached to an aromatic ring is 1. The van der Waals surface area contributed by atoms with E-state index < -0.39 is 0 Å². The lowest BCUT2D eigenvalue weighted by atomic mass is 9.95. The molecule has 1 unspecified atom stereocenters. The number of anilines is 2. The minimum absolute atomic E-state index is 0.0193. The van der Waals surface area contributed by atoms with Gasteiger partial charge in [-0.15, -0.1) is 0 Å². The van der Waals surface area contributed by atoms with Gasteiger partial charge in [0.1, 0.15) is 23.2 Å². The van der Waals surface area contributed by atoms with E-state index in [0.717, 1.165) is 23.0 Å². The fraction of sp³-hybridized carbons (Fsp3) is 0.467. The van der Waals surface area contributed by atoms with Crippen molar-refractivity contribution in [2.24, 2.45) is 0 Å². The van der Waals surface area contributed by atoms with Gasteiger partial charge in [-0.1, -0.05) is 20.8 Å². The molecule has 2 aromatic rings. The molecule has 0 aliphatic rings. The molecule has 2 heterocycles. The molecule has 20 heavy (non-hydrogen) atoms. The fourth-order valence-corrected chi connectivity index (χ4v) is 1.82. The van der Waals surface area contributed by atoms with Crippen molar-refractivity contribution in [3.63, 3.8) is 0 Å². The molecule has 0 spiro atoms.